The minimum absolute atomic E-state index is 0.340. The Morgan fingerprint density at radius 1 is 1.31 bits per heavy atom. The third kappa shape index (κ3) is 3.06. The maximum Gasteiger partial charge on any atom is 0.308 e. The number of carbonyl (C=O) groups excluding carboxylic acids is 1. The van der Waals surface area contributed by atoms with Crippen LogP contribution in [0.15, 0.2) is 30.3 Å². The fourth-order valence-electron chi connectivity index (χ4n) is 1.44. The van der Waals surface area contributed by atoms with Crippen LogP contribution in [0, 0.1) is 0 Å². The minimum Gasteiger partial charge on any atom is -0.481 e. The maximum absolute atomic E-state index is 11.0. The van der Waals surface area contributed by atoms with E-state index >= 15 is 0 Å². The molecular weight excluding hydrogens is 210 g/mol. The summed E-state index contributed by atoms with van der Waals surface area (Å²) >= 11 is 0. The van der Waals surface area contributed by atoms with Gasteiger partial charge in [0.05, 0.1) is 6.42 Å². The summed E-state index contributed by atoms with van der Waals surface area (Å²) in [5, 5.41) is 21.1. The Hall–Kier alpha value is -1.88. The van der Waals surface area contributed by atoms with Crippen molar-refractivity contribution >= 4 is 11.9 Å². The number of benzene rings is 1. The van der Waals surface area contributed by atoms with E-state index in [4.69, 9.17) is 5.11 Å². The molecule has 3 N–H and O–H groups in total. The molecule has 1 atom stereocenters. The number of nitrogens with one attached hydrogen (secondary N) is 1. The van der Waals surface area contributed by atoms with E-state index in [0.29, 0.717) is 5.56 Å². The molecule has 16 heavy (non-hydrogen) atoms. The molecular formula is C11H13NO4. The molecule has 1 aromatic rings. The van der Waals surface area contributed by atoms with E-state index in [2.05, 4.69) is 5.32 Å². The number of aliphatic carboxylic acids is 1. The molecule has 0 saturated heterocycles. The van der Waals surface area contributed by atoms with E-state index in [0.717, 1.165) is 0 Å². The average molecular weight is 223 g/mol. The first-order valence-electron chi connectivity index (χ1n) is 4.72. The summed E-state index contributed by atoms with van der Waals surface area (Å²) in [6, 6.07) is 8.16. The van der Waals surface area contributed by atoms with Crippen LogP contribution in [0.1, 0.15) is 18.9 Å². The predicted octanol–water partition coefficient (Wildman–Crippen LogP) is 0.442. The standard InChI is InChI=1S/C11H13NO4/c1-8(13)12-11(16,7-10(14)15)9-5-3-2-4-6-9/h2-6,16H,7H2,1H3,(H,12,13)(H,14,15)/t11-/m0/s1. The van der Waals surface area contributed by atoms with Crippen LogP contribution in [0.5, 0.6) is 0 Å². The molecule has 0 spiro atoms. The van der Waals surface area contributed by atoms with Gasteiger partial charge in [-0.05, 0) is 0 Å². The second-order valence-electron chi connectivity index (χ2n) is 3.48. The minimum atomic E-state index is -1.86. The second kappa shape index (κ2) is 4.76. The maximum atomic E-state index is 11.0. The highest BCUT2D eigenvalue weighted by Crippen LogP contribution is 2.21. The molecule has 0 aliphatic rings. The van der Waals surface area contributed by atoms with Crippen LogP contribution < -0.4 is 5.32 Å². The first-order chi connectivity index (χ1) is 7.44. The summed E-state index contributed by atoms with van der Waals surface area (Å²) < 4.78 is 0. The molecule has 0 aliphatic carbocycles. The quantitative estimate of drug-likeness (QED) is 0.646. The summed E-state index contributed by atoms with van der Waals surface area (Å²) in [6.07, 6.45) is -0.587. The van der Waals surface area contributed by atoms with Gasteiger partial charge in [-0.1, -0.05) is 30.3 Å². The first-order valence-corrected chi connectivity index (χ1v) is 4.72. The van der Waals surface area contributed by atoms with E-state index in [-0.39, 0.29) is 0 Å². The molecule has 5 nitrogen and oxygen atoms in total. The molecule has 1 rings (SSSR count). The van der Waals surface area contributed by atoms with E-state index in [9.17, 15) is 14.7 Å². The Morgan fingerprint density at radius 2 is 1.88 bits per heavy atom. The Balaban J connectivity index is 3.04. The zero-order valence-electron chi connectivity index (χ0n) is 8.80. The van der Waals surface area contributed by atoms with Gasteiger partial charge in [0.2, 0.25) is 5.91 Å². The third-order valence-electron chi connectivity index (χ3n) is 2.04. The SMILES string of the molecule is CC(=O)N[C@](O)(CC(=O)O)c1ccccc1. The number of carbonyl (C=O) groups is 2. The highest BCUT2D eigenvalue weighted by molar-refractivity contribution is 5.76. The van der Waals surface area contributed by atoms with Crippen molar-refractivity contribution in [2.75, 3.05) is 0 Å². The average Bonchev–Trinajstić information content (AvgIpc) is 2.16. The van der Waals surface area contributed by atoms with Crippen LogP contribution in [0.4, 0.5) is 0 Å². The predicted molar refractivity (Wildman–Crippen MR) is 56.4 cm³/mol. The molecule has 0 heterocycles. The van der Waals surface area contributed by atoms with Gasteiger partial charge in [0, 0.05) is 12.5 Å². The van der Waals surface area contributed by atoms with Crippen molar-refractivity contribution in [3.63, 3.8) is 0 Å². The zero-order valence-corrected chi connectivity index (χ0v) is 8.80. The van der Waals surface area contributed by atoms with Crippen molar-refractivity contribution in [2.24, 2.45) is 0 Å². The second-order valence-corrected chi connectivity index (χ2v) is 3.48. The van der Waals surface area contributed by atoms with Crippen LogP contribution in [-0.4, -0.2) is 22.1 Å². The van der Waals surface area contributed by atoms with Gasteiger partial charge >= 0.3 is 5.97 Å². The van der Waals surface area contributed by atoms with Crippen molar-refractivity contribution in [1.82, 2.24) is 5.32 Å². The lowest BCUT2D eigenvalue weighted by Gasteiger charge is -2.27. The van der Waals surface area contributed by atoms with Crippen LogP contribution in [0.3, 0.4) is 0 Å². The van der Waals surface area contributed by atoms with Crippen molar-refractivity contribution in [3.05, 3.63) is 35.9 Å². The molecule has 0 unspecified atom stereocenters. The van der Waals surface area contributed by atoms with Crippen molar-refractivity contribution in [3.8, 4) is 0 Å². The van der Waals surface area contributed by atoms with Crippen LogP contribution in [0.2, 0.25) is 0 Å². The fourth-order valence-corrected chi connectivity index (χ4v) is 1.44. The zero-order chi connectivity index (χ0) is 12.2. The van der Waals surface area contributed by atoms with Crippen LogP contribution >= 0.6 is 0 Å². The third-order valence-corrected chi connectivity index (χ3v) is 2.04. The topological polar surface area (TPSA) is 86.6 Å². The number of hydrogen-bond acceptors (Lipinski definition) is 3. The summed E-state index contributed by atoms with van der Waals surface area (Å²) in [6.45, 7) is 1.22. The molecule has 1 aromatic carbocycles. The monoisotopic (exact) mass is 223 g/mol. The lowest BCUT2D eigenvalue weighted by Crippen LogP contribution is -2.46. The Morgan fingerprint density at radius 3 is 2.31 bits per heavy atom. The smallest absolute Gasteiger partial charge is 0.308 e. The van der Waals surface area contributed by atoms with E-state index < -0.39 is 24.0 Å². The number of amides is 1. The van der Waals surface area contributed by atoms with Crippen molar-refractivity contribution in [1.29, 1.82) is 0 Å². The first kappa shape index (κ1) is 12.2. The molecule has 86 valence electrons. The fraction of sp³-hybridized carbons (Fsp3) is 0.273. The van der Waals surface area contributed by atoms with Gasteiger partial charge in [0.1, 0.15) is 0 Å². The number of aliphatic hydroxyl groups is 1. The normalized spacial score (nSPS) is 13.9. The molecule has 5 heteroatoms. The van der Waals surface area contributed by atoms with Crippen molar-refractivity contribution < 1.29 is 19.8 Å². The molecule has 0 bridgehead atoms. The lowest BCUT2D eigenvalue weighted by molar-refractivity contribution is -0.146. The van der Waals surface area contributed by atoms with Gasteiger partial charge in [-0.15, -0.1) is 0 Å². The largest absolute Gasteiger partial charge is 0.481 e. The molecule has 0 aromatic heterocycles. The Bertz CT molecular complexity index is 372. The van der Waals surface area contributed by atoms with Crippen LogP contribution in [-0.2, 0) is 15.3 Å². The number of rotatable bonds is 4. The van der Waals surface area contributed by atoms with Gasteiger partial charge in [0.25, 0.3) is 0 Å². The van der Waals surface area contributed by atoms with E-state index in [1.54, 1.807) is 30.3 Å². The number of hydrogen-bond donors (Lipinski definition) is 3. The van der Waals surface area contributed by atoms with Gasteiger partial charge in [-0.2, -0.15) is 0 Å². The lowest BCUT2D eigenvalue weighted by atomic mass is 9.99. The van der Waals surface area contributed by atoms with Gasteiger partial charge in [-0.3, -0.25) is 9.59 Å². The summed E-state index contributed by atoms with van der Waals surface area (Å²) in [4.78, 5) is 21.6. The van der Waals surface area contributed by atoms with E-state index in [1.165, 1.54) is 6.92 Å². The Labute approximate surface area is 92.7 Å². The number of carboxylic acids is 1. The summed E-state index contributed by atoms with van der Waals surface area (Å²) in [7, 11) is 0. The molecule has 1 amide bonds. The van der Waals surface area contributed by atoms with Crippen LogP contribution in [0.25, 0.3) is 0 Å². The van der Waals surface area contributed by atoms with Gasteiger partial charge in [0.15, 0.2) is 5.72 Å². The molecule has 0 aliphatic heterocycles. The highest BCUT2D eigenvalue weighted by atomic mass is 16.4. The van der Waals surface area contributed by atoms with E-state index in [1.807, 2.05) is 0 Å². The summed E-state index contributed by atoms with van der Waals surface area (Å²) in [5.41, 5.74) is -1.52. The van der Waals surface area contributed by atoms with Gasteiger partial charge in [-0.25, -0.2) is 0 Å². The van der Waals surface area contributed by atoms with Crippen molar-refractivity contribution in [2.45, 2.75) is 19.1 Å². The highest BCUT2D eigenvalue weighted by Gasteiger charge is 2.32. The molecule has 0 saturated carbocycles. The Kier molecular flexibility index (Phi) is 3.63. The van der Waals surface area contributed by atoms with Gasteiger partial charge < -0.3 is 15.5 Å². The number of carboxylic acid groups (broad SMARTS) is 1. The molecule has 0 radical (unpaired) electrons. The molecule has 0 fully saturated rings. The summed E-state index contributed by atoms with van der Waals surface area (Å²) in [5.74, 6) is -1.69.